The summed E-state index contributed by atoms with van der Waals surface area (Å²) >= 11 is 0. The van der Waals surface area contributed by atoms with Gasteiger partial charge in [0.15, 0.2) is 0 Å². The Balaban J connectivity index is 1.35. The minimum atomic E-state index is -0.195. The third kappa shape index (κ3) is 4.51. The second-order valence-electron chi connectivity index (χ2n) is 7.41. The van der Waals surface area contributed by atoms with Crippen molar-refractivity contribution in [3.05, 3.63) is 84.4 Å². The fraction of sp³-hybridized carbons (Fsp3) is 0.200. The number of amides is 2. The van der Waals surface area contributed by atoms with Gasteiger partial charge in [-0.25, -0.2) is 0 Å². The molecule has 0 saturated carbocycles. The Kier molecular flexibility index (Phi) is 5.80. The minimum absolute atomic E-state index is 0.000710. The monoisotopic (exact) mass is 400 g/mol. The second-order valence-corrected chi connectivity index (χ2v) is 7.41. The molecule has 0 aliphatic carbocycles. The first-order valence-electron chi connectivity index (χ1n) is 10.0. The Morgan fingerprint density at radius 1 is 1.00 bits per heavy atom. The highest BCUT2D eigenvalue weighted by molar-refractivity contribution is 5.97. The summed E-state index contributed by atoms with van der Waals surface area (Å²) < 4.78 is 5.24. The van der Waals surface area contributed by atoms with Crippen LogP contribution in [0, 0.1) is 0 Å². The summed E-state index contributed by atoms with van der Waals surface area (Å²) in [7, 11) is 1.60. The Labute approximate surface area is 176 Å². The highest BCUT2D eigenvalue weighted by Crippen LogP contribution is 2.25. The van der Waals surface area contributed by atoms with E-state index in [2.05, 4.69) is 17.4 Å². The minimum Gasteiger partial charge on any atom is -0.497 e. The molecule has 0 aromatic heterocycles. The molecule has 0 radical (unpaired) electrons. The van der Waals surface area contributed by atoms with Gasteiger partial charge >= 0.3 is 0 Å². The molecule has 5 heteroatoms. The number of rotatable bonds is 6. The molecule has 2 amide bonds. The van der Waals surface area contributed by atoms with Gasteiger partial charge in [0.2, 0.25) is 11.8 Å². The normalized spacial score (nSPS) is 15.8. The standard InChI is InChI=1S/C25H24N2O3/c1-30-23-9-5-8-22(16-23)27-17-21(15-25(27)29)26-24(28)14-18-10-12-20(13-11-18)19-6-3-2-4-7-19/h2-13,16,21H,14-15,17H2,1H3,(H,26,28)/t21-/m1/s1. The number of ether oxygens (including phenoxy) is 1. The molecule has 1 aliphatic rings. The van der Waals surface area contributed by atoms with E-state index in [1.807, 2.05) is 66.7 Å². The number of carbonyl (C=O) groups is 2. The number of hydrogen-bond donors (Lipinski definition) is 1. The lowest BCUT2D eigenvalue weighted by Crippen LogP contribution is -2.38. The van der Waals surface area contributed by atoms with Gasteiger partial charge in [0, 0.05) is 24.7 Å². The quantitative estimate of drug-likeness (QED) is 0.684. The number of carbonyl (C=O) groups excluding carboxylic acids is 2. The van der Waals surface area contributed by atoms with Gasteiger partial charge in [0.05, 0.1) is 19.6 Å². The number of anilines is 1. The lowest BCUT2D eigenvalue weighted by atomic mass is 10.0. The van der Waals surface area contributed by atoms with E-state index in [-0.39, 0.29) is 17.9 Å². The predicted octanol–water partition coefficient (Wildman–Crippen LogP) is 3.83. The summed E-state index contributed by atoms with van der Waals surface area (Å²) in [5.74, 6) is 0.625. The maximum atomic E-state index is 12.5. The molecule has 0 unspecified atom stereocenters. The van der Waals surface area contributed by atoms with E-state index < -0.39 is 0 Å². The van der Waals surface area contributed by atoms with E-state index in [9.17, 15) is 9.59 Å². The summed E-state index contributed by atoms with van der Waals surface area (Å²) in [4.78, 5) is 26.6. The third-order valence-electron chi connectivity index (χ3n) is 5.28. The molecule has 3 aromatic carbocycles. The summed E-state index contributed by atoms with van der Waals surface area (Å²) in [5, 5.41) is 3.00. The van der Waals surface area contributed by atoms with E-state index in [1.165, 1.54) is 0 Å². The summed E-state index contributed by atoms with van der Waals surface area (Å²) in [6.45, 7) is 0.463. The van der Waals surface area contributed by atoms with Gasteiger partial charge in [-0.2, -0.15) is 0 Å². The highest BCUT2D eigenvalue weighted by Gasteiger charge is 2.31. The predicted molar refractivity (Wildman–Crippen MR) is 117 cm³/mol. The number of nitrogens with zero attached hydrogens (tertiary/aromatic N) is 1. The van der Waals surface area contributed by atoms with Crippen LogP contribution in [0.5, 0.6) is 5.75 Å². The molecule has 1 fully saturated rings. The van der Waals surface area contributed by atoms with Crippen molar-refractivity contribution in [2.45, 2.75) is 18.9 Å². The second kappa shape index (κ2) is 8.82. The van der Waals surface area contributed by atoms with Crippen LogP contribution in [0.2, 0.25) is 0 Å². The lowest BCUT2D eigenvalue weighted by molar-refractivity contribution is -0.121. The molecule has 1 heterocycles. The van der Waals surface area contributed by atoms with Crippen molar-refractivity contribution in [2.24, 2.45) is 0 Å². The highest BCUT2D eigenvalue weighted by atomic mass is 16.5. The van der Waals surface area contributed by atoms with Crippen molar-refractivity contribution < 1.29 is 14.3 Å². The van der Waals surface area contributed by atoms with Crippen molar-refractivity contribution in [3.8, 4) is 16.9 Å². The topological polar surface area (TPSA) is 58.6 Å². The number of nitrogens with one attached hydrogen (secondary N) is 1. The Morgan fingerprint density at radius 3 is 2.47 bits per heavy atom. The van der Waals surface area contributed by atoms with Crippen molar-refractivity contribution in [1.82, 2.24) is 5.32 Å². The first-order chi connectivity index (χ1) is 14.6. The molecule has 0 spiro atoms. The van der Waals surface area contributed by atoms with Crippen LogP contribution in [-0.4, -0.2) is 31.5 Å². The first-order valence-corrected chi connectivity index (χ1v) is 10.0. The van der Waals surface area contributed by atoms with Crippen LogP contribution < -0.4 is 15.0 Å². The zero-order chi connectivity index (χ0) is 20.9. The molecule has 0 bridgehead atoms. The summed E-state index contributed by atoms with van der Waals surface area (Å²) in [6, 6.07) is 25.3. The fourth-order valence-corrected chi connectivity index (χ4v) is 3.74. The van der Waals surface area contributed by atoms with Gasteiger partial charge < -0.3 is 15.0 Å². The zero-order valence-electron chi connectivity index (χ0n) is 16.9. The molecule has 1 aliphatic heterocycles. The van der Waals surface area contributed by atoms with Crippen molar-refractivity contribution in [3.63, 3.8) is 0 Å². The number of hydrogen-bond acceptors (Lipinski definition) is 3. The van der Waals surface area contributed by atoms with Gasteiger partial charge in [-0.15, -0.1) is 0 Å². The summed E-state index contributed by atoms with van der Waals surface area (Å²) in [5.41, 5.74) is 4.00. The van der Waals surface area contributed by atoms with E-state index in [0.29, 0.717) is 25.1 Å². The fourth-order valence-electron chi connectivity index (χ4n) is 3.74. The van der Waals surface area contributed by atoms with Gasteiger partial charge in [-0.1, -0.05) is 60.7 Å². The third-order valence-corrected chi connectivity index (χ3v) is 5.28. The number of methoxy groups -OCH3 is 1. The molecular weight excluding hydrogens is 376 g/mol. The molecule has 1 saturated heterocycles. The Morgan fingerprint density at radius 2 is 1.73 bits per heavy atom. The molecule has 4 rings (SSSR count). The molecule has 5 nitrogen and oxygen atoms in total. The van der Waals surface area contributed by atoms with Crippen LogP contribution in [0.1, 0.15) is 12.0 Å². The SMILES string of the molecule is COc1cccc(N2C[C@H](NC(=O)Cc3ccc(-c4ccccc4)cc3)CC2=O)c1. The lowest BCUT2D eigenvalue weighted by Gasteiger charge is -2.18. The molecule has 3 aromatic rings. The molecular formula is C25H24N2O3. The summed E-state index contributed by atoms with van der Waals surface area (Å²) in [6.07, 6.45) is 0.592. The van der Waals surface area contributed by atoms with Crippen LogP contribution >= 0.6 is 0 Å². The average molecular weight is 400 g/mol. The van der Waals surface area contributed by atoms with Crippen LogP contribution in [0.15, 0.2) is 78.9 Å². The average Bonchev–Trinajstić information content (AvgIpc) is 3.14. The zero-order valence-corrected chi connectivity index (χ0v) is 16.9. The maximum Gasteiger partial charge on any atom is 0.229 e. The molecule has 152 valence electrons. The van der Waals surface area contributed by atoms with Gasteiger partial charge in [0.1, 0.15) is 5.75 Å². The van der Waals surface area contributed by atoms with E-state index in [1.54, 1.807) is 12.0 Å². The number of benzene rings is 3. The van der Waals surface area contributed by atoms with Gasteiger partial charge in [0.25, 0.3) is 0 Å². The van der Waals surface area contributed by atoms with Crippen LogP contribution in [0.25, 0.3) is 11.1 Å². The van der Waals surface area contributed by atoms with Crippen LogP contribution in [0.4, 0.5) is 5.69 Å². The maximum absolute atomic E-state index is 12.5. The molecule has 1 atom stereocenters. The van der Waals surface area contributed by atoms with Crippen molar-refractivity contribution in [1.29, 1.82) is 0 Å². The van der Waals surface area contributed by atoms with Gasteiger partial charge in [-0.05, 0) is 28.8 Å². The Bertz CT molecular complexity index is 1030. The first kappa shape index (κ1) is 19.7. The van der Waals surface area contributed by atoms with E-state index in [0.717, 1.165) is 22.4 Å². The van der Waals surface area contributed by atoms with Crippen LogP contribution in [-0.2, 0) is 16.0 Å². The van der Waals surface area contributed by atoms with E-state index >= 15 is 0 Å². The largest absolute Gasteiger partial charge is 0.497 e. The Hall–Kier alpha value is -3.60. The van der Waals surface area contributed by atoms with Gasteiger partial charge in [-0.3, -0.25) is 9.59 Å². The van der Waals surface area contributed by atoms with E-state index in [4.69, 9.17) is 4.74 Å². The van der Waals surface area contributed by atoms with Crippen molar-refractivity contribution in [2.75, 3.05) is 18.6 Å². The van der Waals surface area contributed by atoms with Crippen LogP contribution in [0.3, 0.4) is 0 Å². The smallest absolute Gasteiger partial charge is 0.229 e. The molecule has 1 N–H and O–H groups in total. The van der Waals surface area contributed by atoms with Crippen molar-refractivity contribution >= 4 is 17.5 Å². The molecule has 30 heavy (non-hydrogen) atoms.